The number of hydrogen-bond acceptors (Lipinski definition) is 0. The van der Waals surface area contributed by atoms with Gasteiger partial charge in [-0.15, -0.1) is 0 Å². The van der Waals surface area contributed by atoms with Crippen LogP contribution in [-0.2, 0) is 20.8 Å². The van der Waals surface area contributed by atoms with Gasteiger partial charge in [0.2, 0.25) is 0 Å². The first-order chi connectivity index (χ1) is 24.2. The third kappa shape index (κ3) is 9.52. The predicted octanol–water partition coefficient (Wildman–Crippen LogP) is 11.9. The van der Waals surface area contributed by atoms with Crippen LogP contribution < -0.4 is 0 Å². The molecule has 49 heavy (non-hydrogen) atoms. The van der Waals surface area contributed by atoms with Crippen LogP contribution in [0.15, 0.2) is 182 Å². The van der Waals surface area contributed by atoms with Crippen LogP contribution in [0.25, 0.3) is 0 Å². The second kappa shape index (κ2) is 18.7. The molecule has 0 atom stereocenters. The van der Waals surface area contributed by atoms with Crippen LogP contribution in [-0.4, -0.2) is 0 Å². The van der Waals surface area contributed by atoms with Gasteiger partial charge < -0.3 is 0 Å². The van der Waals surface area contributed by atoms with Crippen molar-refractivity contribution in [1.82, 2.24) is 0 Å². The van der Waals surface area contributed by atoms with Crippen LogP contribution in [0.4, 0.5) is 0 Å². The fourth-order valence-electron chi connectivity index (χ4n) is 6.04. The SMILES string of the molecule is [CH]1[C](c2ccccc2)[CH][C](c2ccccc2)[C]1c1ccccc1.[CH]1[C](c2ccccc2)[CH][C](c2ccccc2)[C]1c1ccccc1.[Cl][Zr+2][Cl]. The Balaban J connectivity index is 0.000000158. The zero-order chi connectivity index (χ0) is 33.7. The van der Waals surface area contributed by atoms with Crippen LogP contribution >= 0.6 is 17.0 Å². The number of hydrogen-bond donors (Lipinski definition) is 0. The summed E-state index contributed by atoms with van der Waals surface area (Å²) in [6.45, 7) is 0. The quantitative estimate of drug-likeness (QED) is 0.159. The van der Waals surface area contributed by atoms with Gasteiger partial charge in [-0.05, 0) is 59.1 Å². The molecule has 0 heterocycles. The first kappa shape index (κ1) is 35.6. The van der Waals surface area contributed by atoms with Gasteiger partial charge in [0.25, 0.3) is 0 Å². The fraction of sp³-hybridized carbons (Fsp3) is 0. The molecule has 6 aromatic carbocycles. The topological polar surface area (TPSA) is 0 Å². The maximum absolute atomic E-state index is 4.93. The van der Waals surface area contributed by atoms with Gasteiger partial charge in [-0.1, -0.05) is 182 Å². The minimum absolute atomic E-state index is 0.826. The Morgan fingerprint density at radius 2 is 0.408 bits per heavy atom. The molecule has 0 aliphatic heterocycles. The molecular weight excluding hydrogens is 715 g/mol. The zero-order valence-corrected chi connectivity index (χ0v) is 30.9. The second-order valence-electron chi connectivity index (χ2n) is 11.4. The van der Waals surface area contributed by atoms with Gasteiger partial charge in [-0.25, -0.2) is 0 Å². The van der Waals surface area contributed by atoms with Crippen molar-refractivity contribution in [3.8, 4) is 0 Å². The van der Waals surface area contributed by atoms with Gasteiger partial charge in [-0.2, -0.15) is 0 Å². The number of halogens is 2. The summed E-state index contributed by atoms with van der Waals surface area (Å²) in [6, 6.07) is 63.6. The molecule has 8 rings (SSSR count). The van der Waals surface area contributed by atoms with Crippen molar-refractivity contribution in [2.24, 2.45) is 0 Å². The van der Waals surface area contributed by atoms with Crippen LogP contribution in [0.1, 0.15) is 33.4 Å². The van der Waals surface area contributed by atoms with E-state index in [0.29, 0.717) is 0 Å². The molecule has 6 aromatic rings. The average Bonchev–Trinajstić information content (AvgIpc) is 3.84. The second-order valence-corrected chi connectivity index (χ2v) is 15.1. The van der Waals surface area contributed by atoms with E-state index < -0.39 is 20.8 Å². The molecule has 0 amide bonds. The Bertz CT molecular complexity index is 1540. The van der Waals surface area contributed by atoms with E-state index in [-0.39, 0.29) is 0 Å². The summed E-state index contributed by atoms with van der Waals surface area (Å²) >= 11 is -0.826. The molecule has 0 spiro atoms. The molecule has 234 valence electrons. The van der Waals surface area contributed by atoms with E-state index in [1.807, 2.05) is 0 Å². The first-order valence-corrected chi connectivity index (χ1v) is 22.5. The Morgan fingerprint density at radius 1 is 0.245 bits per heavy atom. The zero-order valence-electron chi connectivity index (χ0n) is 26.9. The molecule has 2 aliphatic carbocycles. The van der Waals surface area contributed by atoms with Gasteiger partial charge in [0.1, 0.15) is 0 Å². The summed E-state index contributed by atoms with van der Waals surface area (Å²) in [6.07, 6.45) is 9.19. The molecule has 3 heteroatoms. The molecule has 0 nitrogen and oxygen atoms in total. The fourth-order valence-corrected chi connectivity index (χ4v) is 6.04. The first-order valence-electron chi connectivity index (χ1n) is 16.2. The number of benzene rings is 6. The molecule has 0 unspecified atom stereocenters. The molecule has 2 saturated carbocycles. The van der Waals surface area contributed by atoms with E-state index in [9.17, 15) is 0 Å². The third-order valence-electron chi connectivity index (χ3n) is 8.33. The van der Waals surface area contributed by atoms with Gasteiger partial charge in [0, 0.05) is 35.5 Å². The Kier molecular flexibility index (Phi) is 13.6. The van der Waals surface area contributed by atoms with Crippen molar-refractivity contribution in [2.75, 3.05) is 0 Å². The van der Waals surface area contributed by atoms with Crippen LogP contribution in [0.5, 0.6) is 0 Å². The number of rotatable bonds is 6. The summed E-state index contributed by atoms with van der Waals surface area (Å²) in [4.78, 5) is 0. The van der Waals surface area contributed by atoms with Crippen molar-refractivity contribution in [1.29, 1.82) is 0 Å². The van der Waals surface area contributed by atoms with Crippen LogP contribution in [0, 0.1) is 61.2 Å². The predicted molar refractivity (Wildman–Crippen MR) is 202 cm³/mol. The normalized spacial score (nSPS) is 15.9. The molecule has 0 saturated heterocycles. The monoisotopic (exact) mass is 746 g/mol. The van der Waals surface area contributed by atoms with E-state index in [0.717, 1.165) is 0 Å². The summed E-state index contributed by atoms with van der Waals surface area (Å²) in [5.41, 5.74) is 7.54. The van der Waals surface area contributed by atoms with E-state index in [1.54, 1.807) is 0 Å². The molecule has 0 aromatic heterocycles. The molecule has 0 bridgehead atoms. The standard InChI is InChI=1S/2C23H17.2ClH.Zr/c2*1-4-10-18(11-5-1)21-16-22(19-12-6-2-7-13-19)23(17-21)20-14-8-3-9-15-20;;;/h2*1-17H;2*1H;/q;;;;+4/p-2. The summed E-state index contributed by atoms with van der Waals surface area (Å²) < 4.78 is 0. The molecule has 10 radical (unpaired) electrons. The van der Waals surface area contributed by atoms with Crippen LogP contribution in [0.2, 0.25) is 0 Å². The van der Waals surface area contributed by atoms with E-state index in [1.165, 1.54) is 68.9 Å². The van der Waals surface area contributed by atoms with Gasteiger partial charge in [0.15, 0.2) is 0 Å². The van der Waals surface area contributed by atoms with E-state index >= 15 is 0 Å². The van der Waals surface area contributed by atoms with E-state index in [4.69, 9.17) is 17.0 Å². The average molecular weight is 749 g/mol. The van der Waals surface area contributed by atoms with Crippen LogP contribution in [0.3, 0.4) is 0 Å². The maximum atomic E-state index is 4.93. The molecular formula is C46H34Cl2Zr+2. The summed E-state index contributed by atoms with van der Waals surface area (Å²) in [7, 11) is 9.87. The Morgan fingerprint density at radius 3 is 0.592 bits per heavy atom. The Labute approximate surface area is 312 Å². The summed E-state index contributed by atoms with van der Waals surface area (Å²) in [5, 5.41) is 0. The summed E-state index contributed by atoms with van der Waals surface area (Å²) in [5.74, 6) is 7.68. The molecule has 2 aliphatic rings. The van der Waals surface area contributed by atoms with Crippen molar-refractivity contribution in [3.63, 3.8) is 0 Å². The van der Waals surface area contributed by atoms with Crippen molar-refractivity contribution in [2.45, 2.75) is 0 Å². The van der Waals surface area contributed by atoms with Crippen molar-refractivity contribution >= 4 is 17.0 Å². The van der Waals surface area contributed by atoms with E-state index in [2.05, 4.69) is 208 Å². The third-order valence-corrected chi connectivity index (χ3v) is 8.33. The molecule has 2 fully saturated rings. The minimum atomic E-state index is -0.826. The van der Waals surface area contributed by atoms with Gasteiger partial charge in [-0.3, -0.25) is 0 Å². The van der Waals surface area contributed by atoms with Gasteiger partial charge >= 0.3 is 37.9 Å². The molecule has 0 N–H and O–H groups in total. The van der Waals surface area contributed by atoms with Crippen molar-refractivity contribution < 1.29 is 20.8 Å². The van der Waals surface area contributed by atoms with Gasteiger partial charge in [0.05, 0.1) is 0 Å². The Hall–Kier alpha value is -3.22. The van der Waals surface area contributed by atoms with Crippen molar-refractivity contribution in [3.05, 3.63) is 277 Å².